The first-order valence-corrected chi connectivity index (χ1v) is 8.48. The molecule has 0 spiro atoms. The van der Waals surface area contributed by atoms with Gasteiger partial charge < -0.3 is 16.0 Å². The quantitative estimate of drug-likeness (QED) is 0.698. The zero-order valence-corrected chi connectivity index (χ0v) is 14.5. The molecule has 0 aromatic heterocycles. The number of nitrogens with one attached hydrogen (secondary N) is 1. The summed E-state index contributed by atoms with van der Waals surface area (Å²) in [6.45, 7) is 5.49. The van der Waals surface area contributed by atoms with Crippen LogP contribution in [-0.4, -0.2) is 58.2 Å². The summed E-state index contributed by atoms with van der Waals surface area (Å²) >= 11 is 0. The van der Waals surface area contributed by atoms with Crippen LogP contribution in [0.15, 0.2) is 0 Å². The van der Waals surface area contributed by atoms with E-state index in [9.17, 15) is 19.2 Å². The fourth-order valence-corrected chi connectivity index (χ4v) is 3.46. The van der Waals surface area contributed by atoms with Crippen molar-refractivity contribution in [2.24, 2.45) is 11.7 Å². The van der Waals surface area contributed by atoms with Crippen LogP contribution in [0.5, 0.6) is 0 Å². The van der Waals surface area contributed by atoms with Crippen molar-refractivity contribution in [2.75, 3.05) is 13.1 Å². The zero-order chi connectivity index (χ0) is 18.1. The number of hydrogen-bond donors (Lipinski definition) is 2. The predicted molar refractivity (Wildman–Crippen MR) is 86.7 cm³/mol. The van der Waals surface area contributed by atoms with Gasteiger partial charge in [0.25, 0.3) is 5.91 Å². The van der Waals surface area contributed by atoms with Gasteiger partial charge >= 0.3 is 6.03 Å². The van der Waals surface area contributed by atoms with E-state index in [0.717, 1.165) is 4.90 Å². The molecule has 2 aliphatic heterocycles. The molecule has 0 aromatic carbocycles. The maximum Gasteiger partial charge on any atom is 0.325 e. The van der Waals surface area contributed by atoms with Gasteiger partial charge in [0.05, 0.1) is 5.92 Å². The second-order valence-electron chi connectivity index (χ2n) is 6.68. The SMILES string of the molecule is CCC1(CC)NC(=O)N(CC(=O)N2CC(C(N)=O)CCC2C)C1=O. The molecule has 8 heteroatoms. The highest BCUT2D eigenvalue weighted by molar-refractivity contribution is 6.09. The number of imide groups is 1. The molecule has 0 aliphatic carbocycles. The minimum absolute atomic E-state index is 0.0454. The van der Waals surface area contributed by atoms with Crippen LogP contribution in [0.1, 0.15) is 46.5 Å². The molecule has 2 atom stereocenters. The molecule has 24 heavy (non-hydrogen) atoms. The van der Waals surface area contributed by atoms with Crippen LogP contribution < -0.4 is 11.1 Å². The Bertz CT molecular complexity index is 558. The third-order valence-electron chi connectivity index (χ3n) is 5.35. The molecule has 0 bridgehead atoms. The summed E-state index contributed by atoms with van der Waals surface area (Å²) in [5, 5.41) is 2.71. The van der Waals surface area contributed by atoms with Gasteiger partial charge in [0.2, 0.25) is 11.8 Å². The van der Waals surface area contributed by atoms with E-state index in [1.165, 1.54) is 0 Å². The van der Waals surface area contributed by atoms with Crippen molar-refractivity contribution >= 4 is 23.8 Å². The number of urea groups is 1. The first-order chi connectivity index (χ1) is 11.3. The molecule has 3 N–H and O–H groups in total. The van der Waals surface area contributed by atoms with Gasteiger partial charge in [0.15, 0.2) is 0 Å². The number of rotatable bonds is 5. The number of nitrogens with two attached hydrogens (primary N) is 1. The van der Waals surface area contributed by atoms with Crippen LogP contribution in [0.3, 0.4) is 0 Å². The van der Waals surface area contributed by atoms with Crippen molar-refractivity contribution in [3.05, 3.63) is 0 Å². The Morgan fingerprint density at radius 3 is 2.38 bits per heavy atom. The molecule has 0 aromatic rings. The number of carbonyl (C=O) groups is 4. The molecule has 2 fully saturated rings. The maximum absolute atomic E-state index is 12.6. The van der Waals surface area contributed by atoms with Gasteiger partial charge in [-0.2, -0.15) is 0 Å². The lowest BCUT2D eigenvalue weighted by Crippen LogP contribution is -2.52. The summed E-state index contributed by atoms with van der Waals surface area (Å²) in [5.41, 5.74) is 4.43. The lowest BCUT2D eigenvalue weighted by atomic mass is 9.92. The molecule has 2 saturated heterocycles. The fraction of sp³-hybridized carbons (Fsp3) is 0.750. The predicted octanol–water partition coefficient (Wildman–Crippen LogP) is 0.209. The van der Waals surface area contributed by atoms with Crippen molar-refractivity contribution in [1.29, 1.82) is 0 Å². The Kier molecular flexibility index (Phi) is 5.15. The van der Waals surface area contributed by atoms with Gasteiger partial charge in [-0.05, 0) is 32.6 Å². The number of amides is 5. The van der Waals surface area contributed by atoms with E-state index in [2.05, 4.69) is 5.32 Å². The van der Waals surface area contributed by atoms with E-state index in [0.29, 0.717) is 25.7 Å². The van der Waals surface area contributed by atoms with Crippen LogP contribution in [0.4, 0.5) is 4.79 Å². The van der Waals surface area contributed by atoms with E-state index in [4.69, 9.17) is 5.73 Å². The average molecular weight is 338 g/mol. The molecular formula is C16H26N4O4. The number of carbonyl (C=O) groups excluding carboxylic acids is 4. The Hall–Kier alpha value is -2.12. The third-order valence-corrected chi connectivity index (χ3v) is 5.35. The number of likely N-dealkylation sites (tertiary alicyclic amines) is 1. The van der Waals surface area contributed by atoms with Gasteiger partial charge in [0, 0.05) is 12.6 Å². The van der Waals surface area contributed by atoms with Crippen LogP contribution >= 0.6 is 0 Å². The molecule has 134 valence electrons. The van der Waals surface area contributed by atoms with Crippen molar-refractivity contribution in [3.63, 3.8) is 0 Å². The maximum atomic E-state index is 12.6. The molecule has 0 saturated carbocycles. The minimum Gasteiger partial charge on any atom is -0.369 e. The van der Waals surface area contributed by atoms with E-state index in [-0.39, 0.29) is 36.9 Å². The second kappa shape index (κ2) is 6.78. The molecule has 2 rings (SSSR count). The van der Waals surface area contributed by atoms with Gasteiger partial charge in [0.1, 0.15) is 12.1 Å². The summed E-state index contributed by atoms with van der Waals surface area (Å²) in [6.07, 6.45) is 2.27. The molecule has 5 amide bonds. The van der Waals surface area contributed by atoms with E-state index >= 15 is 0 Å². The molecule has 2 unspecified atom stereocenters. The first-order valence-electron chi connectivity index (χ1n) is 8.48. The Balaban J connectivity index is 2.10. The lowest BCUT2D eigenvalue weighted by molar-refractivity contribution is -0.142. The summed E-state index contributed by atoms with van der Waals surface area (Å²) in [5.74, 6) is -1.49. The average Bonchev–Trinajstić information content (AvgIpc) is 2.79. The molecule has 2 heterocycles. The lowest BCUT2D eigenvalue weighted by Gasteiger charge is -2.37. The fourth-order valence-electron chi connectivity index (χ4n) is 3.46. The van der Waals surface area contributed by atoms with Gasteiger partial charge in [-0.1, -0.05) is 13.8 Å². The number of piperidine rings is 1. The van der Waals surface area contributed by atoms with Crippen molar-refractivity contribution in [2.45, 2.75) is 58.0 Å². The van der Waals surface area contributed by atoms with E-state index in [1.807, 2.05) is 20.8 Å². The van der Waals surface area contributed by atoms with Gasteiger partial charge in [-0.3, -0.25) is 19.3 Å². The largest absolute Gasteiger partial charge is 0.369 e. The molecule has 0 radical (unpaired) electrons. The molecule has 8 nitrogen and oxygen atoms in total. The van der Waals surface area contributed by atoms with Crippen molar-refractivity contribution in [1.82, 2.24) is 15.1 Å². The standard InChI is InChI=1S/C16H26N4O4/c1-4-16(5-2)14(23)20(15(24)18-16)9-12(21)19-8-11(13(17)22)7-6-10(19)3/h10-11H,4-9H2,1-3H3,(H2,17,22)(H,18,24). The topological polar surface area (TPSA) is 113 Å². The minimum atomic E-state index is -0.916. The highest BCUT2D eigenvalue weighted by atomic mass is 16.2. The molecule has 2 aliphatic rings. The highest BCUT2D eigenvalue weighted by Crippen LogP contribution is 2.26. The Labute approximate surface area is 141 Å². The Morgan fingerprint density at radius 1 is 1.25 bits per heavy atom. The van der Waals surface area contributed by atoms with Gasteiger partial charge in [-0.25, -0.2) is 4.79 Å². The first kappa shape index (κ1) is 18.2. The highest BCUT2D eigenvalue weighted by Gasteiger charge is 2.49. The van der Waals surface area contributed by atoms with Crippen LogP contribution in [0.25, 0.3) is 0 Å². The smallest absolute Gasteiger partial charge is 0.325 e. The summed E-state index contributed by atoms with van der Waals surface area (Å²) < 4.78 is 0. The number of nitrogens with zero attached hydrogens (tertiary/aromatic N) is 2. The summed E-state index contributed by atoms with van der Waals surface area (Å²) in [4.78, 5) is 51.3. The van der Waals surface area contributed by atoms with Crippen molar-refractivity contribution < 1.29 is 19.2 Å². The van der Waals surface area contributed by atoms with E-state index in [1.54, 1.807) is 4.90 Å². The number of hydrogen-bond acceptors (Lipinski definition) is 4. The summed E-state index contributed by atoms with van der Waals surface area (Å²) in [6, 6.07) is -0.580. The molecular weight excluding hydrogens is 312 g/mol. The normalized spacial score (nSPS) is 26.5. The van der Waals surface area contributed by atoms with E-state index < -0.39 is 17.5 Å². The van der Waals surface area contributed by atoms with Crippen LogP contribution in [-0.2, 0) is 14.4 Å². The van der Waals surface area contributed by atoms with Crippen LogP contribution in [0, 0.1) is 5.92 Å². The monoisotopic (exact) mass is 338 g/mol. The zero-order valence-electron chi connectivity index (χ0n) is 14.5. The van der Waals surface area contributed by atoms with Crippen LogP contribution in [0.2, 0.25) is 0 Å². The second-order valence-corrected chi connectivity index (χ2v) is 6.68. The van der Waals surface area contributed by atoms with Gasteiger partial charge in [-0.15, -0.1) is 0 Å². The third kappa shape index (κ3) is 3.09. The van der Waals surface area contributed by atoms with Crippen molar-refractivity contribution in [3.8, 4) is 0 Å². The summed E-state index contributed by atoms with van der Waals surface area (Å²) in [7, 11) is 0. The Morgan fingerprint density at radius 2 is 1.88 bits per heavy atom. The number of primary amides is 1.